The van der Waals surface area contributed by atoms with Crippen LogP contribution in [-0.4, -0.2) is 25.7 Å². The summed E-state index contributed by atoms with van der Waals surface area (Å²) in [5, 5.41) is 0. The first kappa shape index (κ1) is 17.8. The van der Waals surface area contributed by atoms with Crippen LogP contribution in [0.25, 0.3) is 0 Å². The number of unbranched alkanes of at least 4 members (excludes halogenated alkanes) is 1. The Morgan fingerprint density at radius 2 is 1.80 bits per heavy atom. The van der Waals surface area contributed by atoms with Gasteiger partial charge in [0.25, 0.3) is 0 Å². The molecule has 0 saturated heterocycles. The molecule has 2 aromatic carbocycles. The smallest absolute Gasteiger partial charge is 0.161 e. The Morgan fingerprint density at radius 3 is 2.52 bits per heavy atom. The molecular weight excluding hydrogens is 314 g/mol. The van der Waals surface area contributed by atoms with E-state index >= 15 is 0 Å². The highest BCUT2D eigenvalue weighted by molar-refractivity contribution is 5.43. The molecule has 0 amide bonds. The molecule has 2 aromatic rings. The van der Waals surface area contributed by atoms with Gasteiger partial charge in [0, 0.05) is 13.1 Å². The highest BCUT2D eigenvalue weighted by Gasteiger charge is 2.26. The van der Waals surface area contributed by atoms with Crippen LogP contribution in [0.4, 0.5) is 0 Å². The van der Waals surface area contributed by atoms with E-state index < -0.39 is 0 Å². The SMILES string of the molecule is CCCCN1Cc2ccccc2COC1c1ccc(OC)c(OC)c1. The van der Waals surface area contributed by atoms with Crippen LogP contribution in [0.1, 0.15) is 42.7 Å². The summed E-state index contributed by atoms with van der Waals surface area (Å²) in [6.07, 6.45) is 2.23. The zero-order valence-electron chi connectivity index (χ0n) is 15.3. The lowest BCUT2D eigenvalue weighted by molar-refractivity contribution is -0.0689. The fourth-order valence-corrected chi connectivity index (χ4v) is 3.30. The predicted octanol–water partition coefficient (Wildman–Crippen LogP) is 4.53. The molecule has 3 rings (SSSR count). The van der Waals surface area contributed by atoms with Crippen molar-refractivity contribution in [3.8, 4) is 11.5 Å². The summed E-state index contributed by atoms with van der Waals surface area (Å²) in [5.41, 5.74) is 3.72. The maximum Gasteiger partial charge on any atom is 0.161 e. The van der Waals surface area contributed by atoms with Crippen LogP contribution in [0.3, 0.4) is 0 Å². The first-order valence-corrected chi connectivity index (χ1v) is 8.91. The molecule has 1 aliphatic heterocycles. The molecule has 0 aromatic heterocycles. The predicted molar refractivity (Wildman–Crippen MR) is 98.8 cm³/mol. The Morgan fingerprint density at radius 1 is 1.04 bits per heavy atom. The van der Waals surface area contributed by atoms with Crippen molar-refractivity contribution in [1.82, 2.24) is 4.90 Å². The third kappa shape index (κ3) is 3.97. The van der Waals surface area contributed by atoms with Gasteiger partial charge in [-0.05, 0) is 35.2 Å². The molecule has 134 valence electrons. The fraction of sp³-hybridized carbons (Fsp3) is 0.429. The molecule has 0 radical (unpaired) electrons. The van der Waals surface area contributed by atoms with Gasteiger partial charge in [0.15, 0.2) is 11.5 Å². The van der Waals surface area contributed by atoms with Gasteiger partial charge in [0.1, 0.15) is 6.23 Å². The molecule has 0 spiro atoms. The second-order valence-corrected chi connectivity index (χ2v) is 6.37. The summed E-state index contributed by atoms with van der Waals surface area (Å²) in [7, 11) is 3.32. The molecule has 0 N–H and O–H groups in total. The molecule has 0 saturated carbocycles. The summed E-state index contributed by atoms with van der Waals surface area (Å²) in [4.78, 5) is 2.41. The molecule has 1 aliphatic rings. The summed E-state index contributed by atoms with van der Waals surface area (Å²) < 4.78 is 17.2. The Kier molecular flexibility index (Phi) is 5.95. The minimum atomic E-state index is -0.0845. The summed E-state index contributed by atoms with van der Waals surface area (Å²) in [5.74, 6) is 1.48. The van der Waals surface area contributed by atoms with E-state index in [0.717, 1.165) is 43.0 Å². The molecule has 0 aliphatic carbocycles. The Labute approximate surface area is 150 Å². The number of fused-ring (bicyclic) bond motifs is 1. The minimum absolute atomic E-state index is 0.0845. The van der Waals surface area contributed by atoms with Gasteiger partial charge >= 0.3 is 0 Å². The standard InChI is InChI=1S/C21H27NO3/c1-4-5-12-22-14-17-8-6-7-9-18(17)15-25-21(22)16-10-11-19(23-2)20(13-16)24-3/h6-11,13,21H,4-5,12,14-15H2,1-3H3. The van der Waals surface area contributed by atoms with Crippen LogP contribution in [0.2, 0.25) is 0 Å². The van der Waals surface area contributed by atoms with Crippen LogP contribution in [0.15, 0.2) is 42.5 Å². The van der Waals surface area contributed by atoms with Crippen molar-refractivity contribution >= 4 is 0 Å². The Hall–Kier alpha value is -2.04. The van der Waals surface area contributed by atoms with Crippen molar-refractivity contribution < 1.29 is 14.2 Å². The lowest BCUT2D eigenvalue weighted by atomic mass is 10.1. The van der Waals surface area contributed by atoms with Crippen molar-refractivity contribution in [2.75, 3.05) is 20.8 Å². The number of hydrogen-bond acceptors (Lipinski definition) is 4. The second-order valence-electron chi connectivity index (χ2n) is 6.37. The van der Waals surface area contributed by atoms with E-state index in [1.54, 1.807) is 14.2 Å². The van der Waals surface area contributed by atoms with Crippen molar-refractivity contribution in [1.29, 1.82) is 0 Å². The maximum atomic E-state index is 6.33. The van der Waals surface area contributed by atoms with Crippen LogP contribution in [0, 0.1) is 0 Å². The second kappa shape index (κ2) is 8.37. The summed E-state index contributed by atoms with van der Waals surface area (Å²) in [6.45, 7) is 4.74. The van der Waals surface area contributed by atoms with E-state index in [9.17, 15) is 0 Å². The Bertz CT molecular complexity index is 701. The zero-order chi connectivity index (χ0) is 17.6. The molecule has 4 nitrogen and oxygen atoms in total. The van der Waals surface area contributed by atoms with Crippen LogP contribution >= 0.6 is 0 Å². The summed E-state index contributed by atoms with van der Waals surface area (Å²) >= 11 is 0. The molecule has 1 atom stereocenters. The highest BCUT2D eigenvalue weighted by Crippen LogP contribution is 2.35. The van der Waals surface area contributed by atoms with Gasteiger partial charge in [0.05, 0.1) is 20.8 Å². The largest absolute Gasteiger partial charge is 0.493 e. The van der Waals surface area contributed by atoms with E-state index in [-0.39, 0.29) is 6.23 Å². The molecule has 0 fully saturated rings. The number of ether oxygens (including phenoxy) is 3. The fourth-order valence-electron chi connectivity index (χ4n) is 3.30. The molecule has 25 heavy (non-hydrogen) atoms. The van der Waals surface area contributed by atoms with E-state index in [4.69, 9.17) is 14.2 Å². The van der Waals surface area contributed by atoms with Gasteiger partial charge in [-0.1, -0.05) is 43.7 Å². The number of hydrogen-bond donors (Lipinski definition) is 0. The Balaban J connectivity index is 1.92. The zero-order valence-corrected chi connectivity index (χ0v) is 15.3. The van der Waals surface area contributed by atoms with E-state index in [1.165, 1.54) is 11.1 Å². The number of benzene rings is 2. The van der Waals surface area contributed by atoms with Gasteiger partial charge in [-0.15, -0.1) is 0 Å². The normalized spacial score (nSPS) is 17.6. The lowest BCUT2D eigenvalue weighted by Gasteiger charge is -2.30. The average Bonchev–Trinajstić information content (AvgIpc) is 2.85. The van der Waals surface area contributed by atoms with Gasteiger partial charge in [-0.2, -0.15) is 0 Å². The van der Waals surface area contributed by atoms with Crippen molar-refractivity contribution in [3.63, 3.8) is 0 Å². The monoisotopic (exact) mass is 341 g/mol. The lowest BCUT2D eigenvalue weighted by Crippen LogP contribution is -2.29. The van der Waals surface area contributed by atoms with Crippen LogP contribution in [-0.2, 0) is 17.9 Å². The minimum Gasteiger partial charge on any atom is -0.493 e. The number of rotatable bonds is 6. The highest BCUT2D eigenvalue weighted by atomic mass is 16.5. The number of methoxy groups -OCH3 is 2. The van der Waals surface area contributed by atoms with Crippen LogP contribution < -0.4 is 9.47 Å². The van der Waals surface area contributed by atoms with E-state index in [1.807, 2.05) is 12.1 Å². The molecule has 0 bridgehead atoms. The molecule has 4 heteroatoms. The van der Waals surface area contributed by atoms with Crippen molar-refractivity contribution in [3.05, 3.63) is 59.2 Å². The molecule has 1 heterocycles. The van der Waals surface area contributed by atoms with E-state index in [0.29, 0.717) is 6.61 Å². The van der Waals surface area contributed by atoms with Gasteiger partial charge in [-0.25, -0.2) is 0 Å². The maximum absolute atomic E-state index is 6.33. The van der Waals surface area contributed by atoms with Gasteiger partial charge in [0.2, 0.25) is 0 Å². The average molecular weight is 341 g/mol. The molecular formula is C21H27NO3. The third-order valence-electron chi connectivity index (χ3n) is 4.71. The molecule has 1 unspecified atom stereocenters. The van der Waals surface area contributed by atoms with Gasteiger partial charge < -0.3 is 14.2 Å². The van der Waals surface area contributed by atoms with Crippen molar-refractivity contribution in [2.24, 2.45) is 0 Å². The quantitative estimate of drug-likeness (QED) is 0.772. The van der Waals surface area contributed by atoms with Crippen molar-refractivity contribution in [2.45, 2.75) is 39.1 Å². The summed E-state index contributed by atoms with van der Waals surface area (Å²) in [6, 6.07) is 14.6. The first-order chi connectivity index (χ1) is 12.3. The number of nitrogens with zero attached hydrogens (tertiary/aromatic N) is 1. The van der Waals surface area contributed by atoms with E-state index in [2.05, 4.69) is 42.2 Å². The third-order valence-corrected chi connectivity index (χ3v) is 4.71. The van der Waals surface area contributed by atoms with Crippen LogP contribution in [0.5, 0.6) is 11.5 Å². The van der Waals surface area contributed by atoms with Gasteiger partial charge in [-0.3, -0.25) is 4.90 Å². The topological polar surface area (TPSA) is 30.9 Å². The first-order valence-electron chi connectivity index (χ1n) is 8.91.